The molecule has 3 saturated heterocycles. The number of carbonyl (C=O) groups excluding carboxylic acids is 2. The van der Waals surface area contributed by atoms with E-state index in [1.165, 1.54) is 0 Å². The highest BCUT2D eigenvalue weighted by atomic mass is 19.4. The maximum atomic E-state index is 12.7. The zero-order valence-corrected chi connectivity index (χ0v) is 15.3. The summed E-state index contributed by atoms with van der Waals surface area (Å²) in [6.07, 6.45) is -7.63. The molecule has 10 heteroatoms. The Morgan fingerprint density at radius 2 is 1.70 bits per heavy atom. The molecule has 0 radical (unpaired) electrons. The molecule has 0 aliphatic carbocycles. The molecule has 0 aromatic heterocycles. The highest BCUT2D eigenvalue weighted by Crippen LogP contribution is 2.47. The number of ether oxygens (including phenoxy) is 1. The Morgan fingerprint density at radius 1 is 1.11 bits per heavy atom. The van der Waals surface area contributed by atoms with Gasteiger partial charge in [0.15, 0.2) is 0 Å². The van der Waals surface area contributed by atoms with Gasteiger partial charge in [-0.05, 0) is 39.5 Å². The van der Waals surface area contributed by atoms with Crippen molar-refractivity contribution >= 4 is 18.0 Å². The Bertz CT molecular complexity index is 660. The molecule has 3 heterocycles. The fourth-order valence-corrected chi connectivity index (χ4v) is 4.50. The topological polar surface area (TPSA) is 87.2 Å². The normalized spacial score (nSPS) is 32.6. The van der Waals surface area contributed by atoms with Gasteiger partial charge in [0.05, 0.1) is 23.5 Å². The molecule has 1 N–H and O–H groups in total. The van der Waals surface area contributed by atoms with Gasteiger partial charge in [-0.15, -0.1) is 0 Å². The van der Waals surface area contributed by atoms with Crippen LogP contribution in [-0.4, -0.2) is 69.8 Å². The summed E-state index contributed by atoms with van der Waals surface area (Å²) in [6.45, 7) is 5.03. The molecule has 3 aliphatic rings. The van der Waals surface area contributed by atoms with Crippen LogP contribution in [0.25, 0.3) is 0 Å². The second-order valence-corrected chi connectivity index (χ2v) is 8.61. The van der Waals surface area contributed by atoms with Crippen LogP contribution in [0.2, 0.25) is 0 Å². The summed E-state index contributed by atoms with van der Waals surface area (Å²) in [4.78, 5) is 38.7. The summed E-state index contributed by atoms with van der Waals surface area (Å²) >= 11 is 0. The molecular formula is C17H23F3N2O5. The van der Waals surface area contributed by atoms with E-state index in [9.17, 15) is 32.7 Å². The Labute approximate surface area is 154 Å². The van der Waals surface area contributed by atoms with Crippen molar-refractivity contribution in [2.45, 2.75) is 70.4 Å². The number of esters is 1. The van der Waals surface area contributed by atoms with Crippen molar-refractivity contribution in [3.8, 4) is 0 Å². The Balaban J connectivity index is 1.93. The molecule has 3 fully saturated rings. The molecule has 2 amide bonds. The molecule has 0 aromatic carbocycles. The highest BCUT2D eigenvalue weighted by Gasteiger charge is 2.63. The van der Waals surface area contributed by atoms with E-state index in [0.29, 0.717) is 12.8 Å². The van der Waals surface area contributed by atoms with Crippen LogP contribution in [-0.2, 0) is 14.3 Å². The predicted molar refractivity (Wildman–Crippen MR) is 85.7 cm³/mol. The summed E-state index contributed by atoms with van der Waals surface area (Å²) in [7, 11) is 0. The van der Waals surface area contributed by atoms with Crippen molar-refractivity contribution in [1.82, 2.24) is 9.80 Å². The van der Waals surface area contributed by atoms with Crippen molar-refractivity contribution in [3.05, 3.63) is 0 Å². The Kier molecular flexibility index (Phi) is 4.59. The van der Waals surface area contributed by atoms with Gasteiger partial charge < -0.3 is 14.7 Å². The standard InChI is InChI=1S/C17H23F3N2O5/c1-16(2,3)14(24)27-13-10-5-8-4-9(22(10)15(25)26)12(13)21(7-8)11(23)6-17(18,19)20/h8-10,12-13H,4-7H2,1-3H3,(H,25,26). The predicted octanol–water partition coefficient (Wildman–Crippen LogP) is 2.25. The van der Waals surface area contributed by atoms with Gasteiger partial charge in [0.25, 0.3) is 0 Å². The molecular weight excluding hydrogens is 369 g/mol. The first kappa shape index (κ1) is 19.8. The molecule has 5 unspecified atom stereocenters. The van der Waals surface area contributed by atoms with Crippen molar-refractivity contribution in [1.29, 1.82) is 0 Å². The first-order valence-corrected chi connectivity index (χ1v) is 8.88. The number of rotatable bonds is 2. The number of hydrogen-bond donors (Lipinski definition) is 1. The van der Waals surface area contributed by atoms with Crippen LogP contribution in [0.5, 0.6) is 0 Å². The molecule has 0 spiro atoms. The van der Waals surface area contributed by atoms with Crippen molar-refractivity contribution in [3.63, 3.8) is 0 Å². The van der Waals surface area contributed by atoms with Gasteiger partial charge in [-0.25, -0.2) is 4.79 Å². The van der Waals surface area contributed by atoms with Crippen molar-refractivity contribution < 1.29 is 37.4 Å². The number of nitrogens with zero attached hydrogens (tertiary/aromatic N) is 2. The molecule has 152 valence electrons. The number of carbonyl (C=O) groups is 3. The summed E-state index contributed by atoms with van der Waals surface area (Å²) in [5.41, 5.74) is -0.858. The molecule has 27 heavy (non-hydrogen) atoms. The van der Waals surface area contributed by atoms with Crippen LogP contribution >= 0.6 is 0 Å². The number of carboxylic acid groups (broad SMARTS) is 1. The smallest absolute Gasteiger partial charge is 0.408 e. The summed E-state index contributed by atoms with van der Waals surface area (Å²) in [5.74, 6) is -1.79. The van der Waals surface area contributed by atoms with Gasteiger partial charge in [-0.3, -0.25) is 14.5 Å². The molecule has 3 aliphatic heterocycles. The minimum Gasteiger partial charge on any atom is -0.465 e. The average molecular weight is 392 g/mol. The van der Waals surface area contributed by atoms with Crippen molar-refractivity contribution in [2.75, 3.05) is 6.54 Å². The monoisotopic (exact) mass is 392 g/mol. The van der Waals surface area contributed by atoms with Gasteiger partial charge in [-0.2, -0.15) is 13.2 Å². The maximum absolute atomic E-state index is 12.7. The molecule has 0 aromatic rings. The van der Waals surface area contributed by atoms with Crippen LogP contribution in [0.1, 0.15) is 40.0 Å². The number of hydrogen-bond acceptors (Lipinski definition) is 4. The van der Waals surface area contributed by atoms with Crippen LogP contribution in [0.4, 0.5) is 18.0 Å². The first-order chi connectivity index (χ1) is 12.3. The van der Waals surface area contributed by atoms with Crippen LogP contribution < -0.4 is 0 Å². The SMILES string of the molecule is CC(C)(C)C(=O)OC1C2C3CC(CC1N3C(=O)O)CN2C(=O)CC(F)(F)F. The van der Waals surface area contributed by atoms with Gasteiger partial charge in [0, 0.05) is 6.54 Å². The minimum absolute atomic E-state index is 0.109. The molecule has 0 saturated carbocycles. The zero-order chi connectivity index (χ0) is 20.3. The van der Waals surface area contributed by atoms with Gasteiger partial charge in [0.1, 0.15) is 12.5 Å². The van der Waals surface area contributed by atoms with E-state index in [2.05, 4.69) is 0 Å². The molecule has 3 rings (SSSR count). The van der Waals surface area contributed by atoms with E-state index in [1.807, 2.05) is 0 Å². The third-order valence-electron chi connectivity index (χ3n) is 5.54. The highest BCUT2D eigenvalue weighted by molar-refractivity contribution is 5.79. The van der Waals surface area contributed by atoms with E-state index in [1.54, 1.807) is 20.8 Å². The Hall–Kier alpha value is -2.00. The third kappa shape index (κ3) is 3.58. The maximum Gasteiger partial charge on any atom is 0.408 e. The van der Waals surface area contributed by atoms with E-state index in [4.69, 9.17) is 4.74 Å². The Morgan fingerprint density at radius 3 is 2.22 bits per heavy atom. The van der Waals surface area contributed by atoms with E-state index >= 15 is 0 Å². The van der Waals surface area contributed by atoms with E-state index in [0.717, 1.165) is 9.80 Å². The van der Waals surface area contributed by atoms with Gasteiger partial charge in [0.2, 0.25) is 5.91 Å². The average Bonchev–Trinajstić information content (AvgIpc) is 2.60. The molecule has 5 atom stereocenters. The van der Waals surface area contributed by atoms with E-state index < -0.39 is 60.2 Å². The van der Waals surface area contributed by atoms with Crippen LogP contribution in [0.15, 0.2) is 0 Å². The number of alkyl halides is 3. The first-order valence-electron chi connectivity index (χ1n) is 8.88. The lowest BCUT2D eigenvalue weighted by molar-refractivity contribution is -0.171. The fraction of sp³-hybridized carbons (Fsp3) is 0.824. The fourth-order valence-electron chi connectivity index (χ4n) is 4.50. The van der Waals surface area contributed by atoms with Crippen molar-refractivity contribution in [2.24, 2.45) is 11.3 Å². The second-order valence-electron chi connectivity index (χ2n) is 8.61. The largest absolute Gasteiger partial charge is 0.465 e. The van der Waals surface area contributed by atoms with Crippen LogP contribution in [0, 0.1) is 11.3 Å². The number of halogens is 3. The van der Waals surface area contributed by atoms with Gasteiger partial charge in [-0.1, -0.05) is 0 Å². The lowest BCUT2D eigenvalue weighted by Gasteiger charge is -2.45. The lowest BCUT2D eigenvalue weighted by atomic mass is 9.86. The van der Waals surface area contributed by atoms with Gasteiger partial charge >= 0.3 is 18.2 Å². The van der Waals surface area contributed by atoms with Crippen LogP contribution in [0.3, 0.4) is 0 Å². The second kappa shape index (κ2) is 6.27. The summed E-state index contributed by atoms with van der Waals surface area (Å²) in [6, 6.07) is -2.19. The summed E-state index contributed by atoms with van der Waals surface area (Å²) < 4.78 is 43.8. The minimum atomic E-state index is -4.66. The molecule has 3 bridgehead atoms. The number of amides is 2. The quantitative estimate of drug-likeness (QED) is 0.729. The number of likely N-dealkylation sites (tertiary alicyclic amines) is 1. The molecule has 7 nitrogen and oxygen atoms in total. The lowest BCUT2D eigenvalue weighted by Crippen LogP contribution is -2.59. The number of fused-ring (bicyclic) bond motifs is 2. The summed E-state index contributed by atoms with van der Waals surface area (Å²) in [5, 5.41) is 9.57. The van der Waals surface area contributed by atoms with E-state index in [-0.39, 0.29) is 12.5 Å². The number of piperidine rings is 2. The third-order valence-corrected chi connectivity index (χ3v) is 5.54. The zero-order valence-electron chi connectivity index (χ0n) is 15.3.